The molecule has 3 rings (SSSR count). The molecule has 1 aromatic carbocycles. The van der Waals surface area contributed by atoms with E-state index in [1.807, 2.05) is 48.0 Å². The SMILES string of the molecule is Cc1nn(-c2ccccc2)c2sc(C(=O)NCCC(=O)N(C)C)cc12. The first-order valence-electron chi connectivity index (χ1n) is 8.00. The number of amides is 2. The Morgan fingerprint density at radius 2 is 1.96 bits per heavy atom. The molecule has 3 aromatic rings. The van der Waals surface area contributed by atoms with Crippen LogP contribution >= 0.6 is 11.3 Å². The molecule has 0 aliphatic rings. The van der Waals surface area contributed by atoms with Crippen molar-refractivity contribution >= 4 is 33.4 Å². The lowest BCUT2D eigenvalue weighted by Gasteiger charge is -2.10. The van der Waals surface area contributed by atoms with Crippen LogP contribution in [0.2, 0.25) is 0 Å². The third-order valence-electron chi connectivity index (χ3n) is 3.89. The van der Waals surface area contributed by atoms with Gasteiger partial charge in [0.05, 0.1) is 16.3 Å². The number of benzene rings is 1. The summed E-state index contributed by atoms with van der Waals surface area (Å²) in [5, 5.41) is 8.35. The lowest BCUT2D eigenvalue weighted by molar-refractivity contribution is -0.128. The smallest absolute Gasteiger partial charge is 0.261 e. The summed E-state index contributed by atoms with van der Waals surface area (Å²) < 4.78 is 1.86. The average Bonchev–Trinajstić information content (AvgIpc) is 3.16. The molecule has 130 valence electrons. The van der Waals surface area contributed by atoms with Crippen molar-refractivity contribution < 1.29 is 9.59 Å². The largest absolute Gasteiger partial charge is 0.351 e. The zero-order valence-electron chi connectivity index (χ0n) is 14.4. The van der Waals surface area contributed by atoms with Crippen molar-refractivity contribution in [3.63, 3.8) is 0 Å². The second kappa shape index (κ2) is 7.06. The summed E-state index contributed by atoms with van der Waals surface area (Å²) in [6, 6.07) is 11.7. The van der Waals surface area contributed by atoms with E-state index in [4.69, 9.17) is 0 Å². The molecule has 0 saturated heterocycles. The number of carbonyl (C=O) groups is 2. The Morgan fingerprint density at radius 1 is 1.24 bits per heavy atom. The highest BCUT2D eigenvalue weighted by Crippen LogP contribution is 2.30. The minimum absolute atomic E-state index is 0.00722. The van der Waals surface area contributed by atoms with E-state index in [2.05, 4.69) is 10.4 Å². The first kappa shape index (κ1) is 17.2. The predicted molar refractivity (Wildman–Crippen MR) is 99.3 cm³/mol. The second-order valence-electron chi connectivity index (χ2n) is 5.96. The number of aromatic nitrogens is 2. The highest BCUT2D eigenvalue weighted by atomic mass is 32.1. The van der Waals surface area contributed by atoms with Crippen molar-refractivity contribution in [2.45, 2.75) is 13.3 Å². The highest BCUT2D eigenvalue weighted by Gasteiger charge is 2.17. The molecule has 0 fully saturated rings. The summed E-state index contributed by atoms with van der Waals surface area (Å²) in [4.78, 5) is 27.0. The van der Waals surface area contributed by atoms with Crippen LogP contribution in [0.15, 0.2) is 36.4 Å². The molecular weight excluding hydrogens is 336 g/mol. The number of rotatable bonds is 5. The van der Waals surface area contributed by atoms with Gasteiger partial charge < -0.3 is 10.2 Å². The summed E-state index contributed by atoms with van der Waals surface area (Å²) in [7, 11) is 3.41. The Kier molecular flexibility index (Phi) is 4.85. The summed E-state index contributed by atoms with van der Waals surface area (Å²) in [5.74, 6) is -0.168. The molecule has 0 spiro atoms. The van der Waals surface area contributed by atoms with Gasteiger partial charge in [0.2, 0.25) is 5.91 Å². The van der Waals surface area contributed by atoms with E-state index in [9.17, 15) is 9.59 Å². The first-order chi connectivity index (χ1) is 12.0. The van der Waals surface area contributed by atoms with Crippen LogP contribution in [-0.2, 0) is 4.79 Å². The minimum atomic E-state index is -0.160. The maximum atomic E-state index is 12.4. The molecule has 0 aliphatic heterocycles. The van der Waals surface area contributed by atoms with Gasteiger partial charge in [-0.25, -0.2) is 4.68 Å². The normalized spacial score (nSPS) is 10.8. The van der Waals surface area contributed by atoms with Gasteiger partial charge in [-0.1, -0.05) is 18.2 Å². The van der Waals surface area contributed by atoms with Gasteiger partial charge in [0, 0.05) is 32.4 Å². The van der Waals surface area contributed by atoms with Crippen LogP contribution in [0.3, 0.4) is 0 Å². The summed E-state index contributed by atoms with van der Waals surface area (Å²) >= 11 is 1.41. The third-order valence-corrected chi connectivity index (χ3v) is 5.00. The highest BCUT2D eigenvalue weighted by molar-refractivity contribution is 7.20. The molecule has 0 unspecified atom stereocenters. The molecule has 2 heterocycles. The standard InChI is InChI=1S/C18H20N4O2S/c1-12-14-11-15(17(24)19-10-9-16(23)21(2)3)25-18(14)22(20-12)13-7-5-4-6-8-13/h4-8,11H,9-10H2,1-3H3,(H,19,24). The van der Waals surface area contributed by atoms with Crippen molar-refractivity contribution in [1.82, 2.24) is 20.0 Å². The Balaban J connectivity index is 1.80. The fourth-order valence-electron chi connectivity index (χ4n) is 2.50. The summed E-state index contributed by atoms with van der Waals surface area (Å²) in [5.41, 5.74) is 1.85. The van der Waals surface area contributed by atoms with Crippen LogP contribution in [0, 0.1) is 6.92 Å². The number of fused-ring (bicyclic) bond motifs is 1. The maximum Gasteiger partial charge on any atom is 0.261 e. The van der Waals surface area contributed by atoms with E-state index in [-0.39, 0.29) is 11.8 Å². The number of nitrogens with zero attached hydrogens (tertiary/aromatic N) is 3. The number of hydrogen-bond acceptors (Lipinski definition) is 4. The van der Waals surface area contributed by atoms with Crippen LogP contribution in [0.4, 0.5) is 0 Å². The molecule has 2 aromatic heterocycles. The Labute approximate surface area is 150 Å². The van der Waals surface area contributed by atoms with E-state index < -0.39 is 0 Å². The molecule has 1 N–H and O–H groups in total. The van der Waals surface area contributed by atoms with Crippen LogP contribution < -0.4 is 5.32 Å². The zero-order valence-corrected chi connectivity index (χ0v) is 15.3. The van der Waals surface area contributed by atoms with E-state index in [1.165, 1.54) is 16.2 Å². The van der Waals surface area contributed by atoms with Crippen LogP contribution in [0.5, 0.6) is 0 Å². The van der Waals surface area contributed by atoms with Crippen molar-refractivity contribution in [3.05, 3.63) is 47.0 Å². The summed E-state index contributed by atoms with van der Waals surface area (Å²) in [6.07, 6.45) is 0.292. The predicted octanol–water partition coefficient (Wildman–Crippen LogP) is 2.60. The van der Waals surface area contributed by atoms with Crippen molar-refractivity contribution in [2.75, 3.05) is 20.6 Å². The zero-order chi connectivity index (χ0) is 18.0. The molecule has 0 atom stereocenters. The molecule has 0 bridgehead atoms. The summed E-state index contributed by atoms with van der Waals surface area (Å²) in [6.45, 7) is 2.26. The van der Waals surface area contributed by atoms with Crippen LogP contribution in [-0.4, -0.2) is 47.1 Å². The third kappa shape index (κ3) is 3.56. The van der Waals surface area contributed by atoms with Gasteiger partial charge >= 0.3 is 0 Å². The van der Waals surface area contributed by atoms with Gasteiger partial charge in [0.1, 0.15) is 4.83 Å². The molecule has 25 heavy (non-hydrogen) atoms. The Morgan fingerprint density at radius 3 is 2.64 bits per heavy atom. The molecule has 7 heteroatoms. The molecule has 0 aliphatic carbocycles. The van der Waals surface area contributed by atoms with Gasteiger partial charge in [0.25, 0.3) is 5.91 Å². The number of hydrogen-bond donors (Lipinski definition) is 1. The number of para-hydroxylation sites is 1. The molecule has 0 saturated carbocycles. The lowest BCUT2D eigenvalue weighted by atomic mass is 10.3. The Bertz CT molecular complexity index is 912. The van der Waals surface area contributed by atoms with Gasteiger partial charge in [0.15, 0.2) is 0 Å². The monoisotopic (exact) mass is 356 g/mol. The van der Waals surface area contributed by atoms with E-state index in [0.29, 0.717) is 17.8 Å². The fraction of sp³-hybridized carbons (Fsp3) is 0.278. The number of carbonyl (C=O) groups excluding carboxylic acids is 2. The number of thiophene rings is 1. The van der Waals surface area contributed by atoms with Gasteiger partial charge in [-0.3, -0.25) is 9.59 Å². The molecule has 0 radical (unpaired) electrons. The van der Waals surface area contributed by atoms with Crippen LogP contribution in [0.25, 0.3) is 15.9 Å². The first-order valence-corrected chi connectivity index (χ1v) is 8.82. The van der Waals surface area contributed by atoms with Gasteiger partial charge in [-0.2, -0.15) is 5.10 Å². The number of nitrogens with one attached hydrogen (secondary N) is 1. The Hall–Kier alpha value is -2.67. The minimum Gasteiger partial charge on any atom is -0.351 e. The maximum absolute atomic E-state index is 12.4. The van der Waals surface area contributed by atoms with Gasteiger partial charge in [-0.05, 0) is 25.1 Å². The molecule has 2 amide bonds. The quantitative estimate of drug-likeness (QED) is 0.764. The van der Waals surface area contributed by atoms with Crippen LogP contribution in [0.1, 0.15) is 21.8 Å². The van der Waals surface area contributed by atoms with E-state index in [0.717, 1.165) is 21.6 Å². The average molecular weight is 356 g/mol. The molecular formula is C18H20N4O2S. The second-order valence-corrected chi connectivity index (χ2v) is 6.99. The van der Waals surface area contributed by atoms with E-state index in [1.54, 1.807) is 14.1 Å². The van der Waals surface area contributed by atoms with Gasteiger partial charge in [-0.15, -0.1) is 11.3 Å². The van der Waals surface area contributed by atoms with Crippen molar-refractivity contribution in [2.24, 2.45) is 0 Å². The topological polar surface area (TPSA) is 67.2 Å². The van der Waals surface area contributed by atoms with Crippen molar-refractivity contribution in [1.29, 1.82) is 0 Å². The van der Waals surface area contributed by atoms with Crippen molar-refractivity contribution in [3.8, 4) is 5.69 Å². The van der Waals surface area contributed by atoms with E-state index >= 15 is 0 Å². The fourth-order valence-corrected chi connectivity index (χ4v) is 3.60. The molecule has 6 nitrogen and oxygen atoms in total. The lowest BCUT2D eigenvalue weighted by Crippen LogP contribution is -2.29. The number of aryl methyl sites for hydroxylation is 1.